The van der Waals surface area contributed by atoms with Crippen LogP contribution in [0.2, 0.25) is 0 Å². The number of para-hydroxylation sites is 1. The van der Waals surface area contributed by atoms with Gasteiger partial charge in [-0.1, -0.05) is 23.4 Å². The number of pyridine rings is 1. The van der Waals surface area contributed by atoms with Gasteiger partial charge in [0.2, 0.25) is 5.91 Å². The summed E-state index contributed by atoms with van der Waals surface area (Å²) >= 11 is 0. The summed E-state index contributed by atoms with van der Waals surface area (Å²) in [5.41, 5.74) is 2.29. The minimum Gasteiger partial charge on any atom is -0.360 e. The topological polar surface area (TPSA) is 88.0 Å². The predicted molar refractivity (Wildman–Crippen MR) is 87.5 cm³/mol. The first-order chi connectivity index (χ1) is 11.0. The number of aromatic amines is 1. The molecule has 2 aromatic heterocycles. The molecular formula is C17H17N3O3. The lowest BCUT2D eigenvalue weighted by molar-refractivity contribution is -0.116. The fraction of sp³-hybridized carbons (Fsp3) is 0.235. The van der Waals surface area contributed by atoms with Crippen molar-refractivity contribution in [3.8, 4) is 0 Å². The van der Waals surface area contributed by atoms with Gasteiger partial charge < -0.3 is 14.8 Å². The standard InChI is InChI=1S/C17H17N3O3/c1-10-4-3-5-12-9-13(17(22)19-16(10)12)6-7-15(21)18-14-8-11(2)23-20-14/h3-5,8-9H,6-7H2,1-2H3,(H,19,22)(H,18,20,21). The molecule has 1 amide bonds. The van der Waals surface area contributed by atoms with E-state index in [1.807, 2.05) is 31.2 Å². The molecule has 2 N–H and O–H groups in total. The van der Waals surface area contributed by atoms with Crippen LogP contribution in [0.1, 0.15) is 23.3 Å². The smallest absolute Gasteiger partial charge is 0.251 e. The van der Waals surface area contributed by atoms with Crippen molar-refractivity contribution in [3.05, 3.63) is 57.6 Å². The minimum atomic E-state index is -0.206. The number of hydrogen-bond donors (Lipinski definition) is 2. The highest BCUT2D eigenvalue weighted by atomic mass is 16.5. The number of aryl methyl sites for hydroxylation is 3. The van der Waals surface area contributed by atoms with Crippen LogP contribution in [0.5, 0.6) is 0 Å². The minimum absolute atomic E-state index is 0.156. The third-order valence-electron chi connectivity index (χ3n) is 3.68. The maximum Gasteiger partial charge on any atom is 0.251 e. The van der Waals surface area contributed by atoms with Crippen molar-refractivity contribution in [3.63, 3.8) is 0 Å². The summed E-state index contributed by atoms with van der Waals surface area (Å²) in [7, 11) is 0. The fourth-order valence-corrected chi connectivity index (χ4v) is 2.49. The van der Waals surface area contributed by atoms with Crippen molar-refractivity contribution in [1.82, 2.24) is 10.1 Å². The van der Waals surface area contributed by atoms with E-state index in [1.54, 1.807) is 13.0 Å². The van der Waals surface area contributed by atoms with Crippen LogP contribution in [-0.4, -0.2) is 16.0 Å². The summed E-state index contributed by atoms with van der Waals surface area (Å²) in [5.74, 6) is 0.805. The highest BCUT2D eigenvalue weighted by Gasteiger charge is 2.09. The molecule has 2 heterocycles. The number of nitrogens with one attached hydrogen (secondary N) is 2. The molecule has 3 rings (SSSR count). The van der Waals surface area contributed by atoms with Crippen LogP contribution >= 0.6 is 0 Å². The summed E-state index contributed by atoms with van der Waals surface area (Å²) in [6.07, 6.45) is 0.564. The van der Waals surface area contributed by atoms with Crippen LogP contribution in [0.15, 0.2) is 39.6 Å². The number of carbonyl (C=O) groups is 1. The summed E-state index contributed by atoms with van der Waals surface area (Å²) in [5, 5.41) is 7.31. The second-order valence-electron chi connectivity index (χ2n) is 5.53. The number of rotatable bonds is 4. The van der Waals surface area contributed by atoms with Gasteiger partial charge in [-0.25, -0.2) is 0 Å². The molecule has 0 bridgehead atoms. The molecule has 0 fully saturated rings. The molecule has 0 saturated heterocycles. The molecule has 3 aromatic rings. The monoisotopic (exact) mass is 311 g/mol. The van der Waals surface area contributed by atoms with Gasteiger partial charge in [-0.2, -0.15) is 0 Å². The molecule has 0 atom stereocenters. The number of carbonyl (C=O) groups excluding carboxylic acids is 1. The zero-order valence-corrected chi connectivity index (χ0v) is 13.0. The van der Waals surface area contributed by atoms with Crippen LogP contribution < -0.4 is 10.9 Å². The van der Waals surface area contributed by atoms with Gasteiger partial charge >= 0.3 is 0 Å². The number of anilines is 1. The van der Waals surface area contributed by atoms with E-state index in [2.05, 4.69) is 15.5 Å². The van der Waals surface area contributed by atoms with E-state index in [4.69, 9.17) is 4.52 Å². The normalized spacial score (nSPS) is 10.9. The third-order valence-corrected chi connectivity index (χ3v) is 3.68. The molecule has 0 unspecified atom stereocenters. The van der Waals surface area contributed by atoms with E-state index in [0.717, 1.165) is 16.5 Å². The van der Waals surface area contributed by atoms with Crippen LogP contribution in [0, 0.1) is 13.8 Å². The van der Waals surface area contributed by atoms with Crippen molar-refractivity contribution in [1.29, 1.82) is 0 Å². The maximum atomic E-state index is 12.1. The first-order valence-electron chi connectivity index (χ1n) is 7.37. The molecule has 0 aliphatic carbocycles. The van der Waals surface area contributed by atoms with Crippen molar-refractivity contribution < 1.29 is 9.32 Å². The van der Waals surface area contributed by atoms with Gasteiger partial charge in [0.25, 0.3) is 5.56 Å². The molecule has 23 heavy (non-hydrogen) atoms. The van der Waals surface area contributed by atoms with Crippen LogP contribution in [0.3, 0.4) is 0 Å². The molecule has 0 aliphatic rings. The molecule has 118 valence electrons. The van der Waals surface area contributed by atoms with E-state index < -0.39 is 0 Å². The summed E-state index contributed by atoms with van der Waals surface area (Å²) in [6.45, 7) is 3.70. The average molecular weight is 311 g/mol. The predicted octanol–water partition coefficient (Wildman–Crippen LogP) is 2.70. The Hall–Kier alpha value is -2.89. The van der Waals surface area contributed by atoms with Gasteiger partial charge in [0.1, 0.15) is 5.76 Å². The van der Waals surface area contributed by atoms with Crippen LogP contribution in [0.25, 0.3) is 10.9 Å². The summed E-state index contributed by atoms with van der Waals surface area (Å²) in [6, 6.07) is 9.32. The largest absolute Gasteiger partial charge is 0.360 e. The Bertz CT molecular complexity index is 924. The van der Waals surface area contributed by atoms with Gasteiger partial charge in [-0.15, -0.1) is 0 Å². The Morgan fingerprint density at radius 1 is 1.30 bits per heavy atom. The zero-order chi connectivity index (χ0) is 16.4. The van der Waals surface area contributed by atoms with Crippen LogP contribution in [-0.2, 0) is 11.2 Å². The Morgan fingerprint density at radius 2 is 2.13 bits per heavy atom. The van der Waals surface area contributed by atoms with Crippen molar-refractivity contribution in [2.45, 2.75) is 26.7 Å². The lowest BCUT2D eigenvalue weighted by atomic mass is 10.1. The second kappa shape index (κ2) is 6.08. The number of H-pyrrole nitrogens is 1. The first-order valence-corrected chi connectivity index (χ1v) is 7.37. The van der Waals surface area contributed by atoms with E-state index in [9.17, 15) is 9.59 Å². The number of benzene rings is 1. The number of aromatic nitrogens is 2. The van der Waals surface area contributed by atoms with Crippen molar-refractivity contribution in [2.75, 3.05) is 5.32 Å². The Kier molecular flexibility index (Phi) is 3.97. The second-order valence-corrected chi connectivity index (χ2v) is 5.53. The lowest BCUT2D eigenvalue weighted by Gasteiger charge is -2.05. The molecule has 0 radical (unpaired) electrons. The van der Waals surface area contributed by atoms with Gasteiger partial charge in [-0.05, 0) is 37.3 Å². The Balaban J connectivity index is 1.73. The van der Waals surface area contributed by atoms with Gasteiger partial charge in [0.05, 0.1) is 5.52 Å². The molecule has 1 aromatic carbocycles. The van der Waals surface area contributed by atoms with E-state index in [-0.39, 0.29) is 17.9 Å². The highest BCUT2D eigenvalue weighted by Crippen LogP contribution is 2.15. The van der Waals surface area contributed by atoms with Gasteiger partial charge in [0, 0.05) is 18.1 Å². The number of nitrogens with zero attached hydrogens (tertiary/aromatic N) is 1. The highest BCUT2D eigenvalue weighted by molar-refractivity contribution is 5.90. The average Bonchev–Trinajstić information content (AvgIpc) is 2.91. The Morgan fingerprint density at radius 3 is 2.87 bits per heavy atom. The maximum absolute atomic E-state index is 12.1. The molecule has 0 aliphatic heterocycles. The third kappa shape index (κ3) is 3.31. The summed E-state index contributed by atoms with van der Waals surface area (Å²) < 4.78 is 4.89. The number of hydrogen-bond acceptors (Lipinski definition) is 4. The molecule has 6 nitrogen and oxygen atoms in total. The first kappa shape index (κ1) is 15.0. The molecular weight excluding hydrogens is 294 g/mol. The number of amides is 1. The quantitative estimate of drug-likeness (QED) is 0.775. The SMILES string of the molecule is Cc1cc(NC(=O)CCc2cc3cccc(C)c3[nH]c2=O)no1. The molecule has 0 spiro atoms. The molecule has 6 heteroatoms. The molecule has 0 saturated carbocycles. The van der Waals surface area contributed by atoms with Crippen molar-refractivity contribution >= 4 is 22.6 Å². The van der Waals surface area contributed by atoms with E-state index >= 15 is 0 Å². The fourth-order valence-electron chi connectivity index (χ4n) is 2.49. The zero-order valence-electron chi connectivity index (χ0n) is 13.0. The van der Waals surface area contributed by atoms with Crippen LogP contribution in [0.4, 0.5) is 5.82 Å². The lowest BCUT2D eigenvalue weighted by Crippen LogP contribution is -2.17. The van der Waals surface area contributed by atoms with Gasteiger partial charge in [-0.3, -0.25) is 9.59 Å². The van der Waals surface area contributed by atoms with E-state index in [0.29, 0.717) is 23.6 Å². The van der Waals surface area contributed by atoms with Crippen molar-refractivity contribution in [2.24, 2.45) is 0 Å². The van der Waals surface area contributed by atoms with E-state index in [1.165, 1.54) is 0 Å². The number of fused-ring (bicyclic) bond motifs is 1. The van der Waals surface area contributed by atoms with Gasteiger partial charge in [0.15, 0.2) is 5.82 Å². The Labute approximate surface area is 132 Å². The summed E-state index contributed by atoms with van der Waals surface area (Å²) in [4.78, 5) is 27.0.